The zero-order chi connectivity index (χ0) is 13.8. The summed E-state index contributed by atoms with van der Waals surface area (Å²) < 4.78 is 16.3. The van der Waals surface area contributed by atoms with Crippen LogP contribution in [-0.4, -0.2) is 18.7 Å². The van der Waals surface area contributed by atoms with Gasteiger partial charge in [-0.3, -0.25) is 0 Å². The lowest BCUT2D eigenvalue weighted by atomic mass is 10.2. The molecule has 5 heteroatoms. The Morgan fingerprint density at radius 3 is 2.95 bits per heavy atom. The van der Waals surface area contributed by atoms with Crippen molar-refractivity contribution in [2.75, 3.05) is 19.0 Å². The predicted molar refractivity (Wildman–Crippen MR) is 75.0 cm³/mol. The fraction of sp³-hybridized carbons (Fsp3) is 0.400. The normalized spacial score (nSPS) is 14.1. The van der Waals surface area contributed by atoms with Crippen molar-refractivity contribution in [1.82, 2.24) is 4.98 Å². The SMILES string of the molecule is COc1ccc(NCc2cnco2)cc1OCC1CC1. The molecule has 0 radical (unpaired) electrons. The second-order valence-electron chi connectivity index (χ2n) is 4.94. The average Bonchev–Trinajstić information content (AvgIpc) is 3.17. The number of methoxy groups -OCH3 is 1. The number of nitrogens with one attached hydrogen (secondary N) is 1. The quantitative estimate of drug-likeness (QED) is 0.840. The van der Waals surface area contributed by atoms with E-state index in [1.165, 1.54) is 19.2 Å². The zero-order valence-electron chi connectivity index (χ0n) is 11.5. The molecular weight excluding hydrogens is 256 g/mol. The van der Waals surface area contributed by atoms with Crippen LogP contribution < -0.4 is 14.8 Å². The van der Waals surface area contributed by atoms with Crippen LogP contribution in [0.15, 0.2) is 35.2 Å². The van der Waals surface area contributed by atoms with E-state index < -0.39 is 0 Å². The molecule has 2 aromatic rings. The van der Waals surface area contributed by atoms with Gasteiger partial charge in [-0.15, -0.1) is 0 Å². The number of benzene rings is 1. The van der Waals surface area contributed by atoms with Crippen LogP contribution in [-0.2, 0) is 6.54 Å². The molecule has 1 aliphatic carbocycles. The van der Waals surface area contributed by atoms with E-state index in [0.717, 1.165) is 29.6 Å². The Hall–Kier alpha value is -2.17. The Labute approximate surface area is 117 Å². The van der Waals surface area contributed by atoms with Crippen molar-refractivity contribution in [3.05, 3.63) is 36.5 Å². The standard InChI is InChI=1S/C15H18N2O3/c1-18-14-5-4-12(17-8-13-7-16-10-20-13)6-15(14)19-9-11-2-3-11/h4-7,10-11,17H,2-3,8-9H2,1H3. The van der Waals surface area contributed by atoms with Crippen LogP contribution >= 0.6 is 0 Å². The van der Waals surface area contributed by atoms with Crippen LogP contribution in [0.5, 0.6) is 11.5 Å². The highest BCUT2D eigenvalue weighted by Gasteiger charge is 2.22. The second kappa shape index (κ2) is 5.86. The van der Waals surface area contributed by atoms with Crippen molar-refractivity contribution < 1.29 is 13.9 Å². The average molecular weight is 274 g/mol. The molecule has 1 saturated carbocycles. The van der Waals surface area contributed by atoms with Crippen LogP contribution in [0.2, 0.25) is 0 Å². The summed E-state index contributed by atoms with van der Waals surface area (Å²) in [6.45, 7) is 1.36. The van der Waals surface area contributed by atoms with Gasteiger partial charge in [-0.2, -0.15) is 0 Å². The van der Waals surface area contributed by atoms with Gasteiger partial charge >= 0.3 is 0 Å². The predicted octanol–water partition coefficient (Wildman–Crippen LogP) is 3.08. The van der Waals surface area contributed by atoms with Crippen molar-refractivity contribution in [3.8, 4) is 11.5 Å². The highest BCUT2D eigenvalue weighted by Crippen LogP contribution is 2.34. The number of oxazole rings is 1. The fourth-order valence-electron chi connectivity index (χ4n) is 1.91. The molecule has 1 N–H and O–H groups in total. The highest BCUT2D eigenvalue weighted by atomic mass is 16.5. The Morgan fingerprint density at radius 1 is 1.35 bits per heavy atom. The number of anilines is 1. The highest BCUT2D eigenvalue weighted by molar-refractivity contribution is 5.54. The molecule has 1 heterocycles. The lowest BCUT2D eigenvalue weighted by Gasteiger charge is -2.12. The molecule has 5 nitrogen and oxygen atoms in total. The number of rotatable bonds is 7. The van der Waals surface area contributed by atoms with Gasteiger partial charge in [0, 0.05) is 11.8 Å². The molecule has 1 aromatic carbocycles. The van der Waals surface area contributed by atoms with Gasteiger partial charge < -0.3 is 19.2 Å². The van der Waals surface area contributed by atoms with Gasteiger partial charge in [-0.1, -0.05) is 0 Å². The van der Waals surface area contributed by atoms with Crippen molar-refractivity contribution in [2.24, 2.45) is 5.92 Å². The summed E-state index contributed by atoms with van der Waals surface area (Å²) in [5, 5.41) is 3.27. The summed E-state index contributed by atoms with van der Waals surface area (Å²) in [5.74, 6) is 3.05. The van der Waals surface area contributed by atoms with E-state index in [1.54, 1.807) is 13.3 Å². The molecule has 0 atom stereocenters. The first kappa shape index (κ1) is 12.8. The molecule has 0 bridgehead atoms. The van der Waals surface area contributed by atoms with Gasteiger partial charge in [-0.05, 0) is 30.9 Å². The third kappa shape index (κ3) is 3.23. The first-order valence-electron chi connectivity index (χ1n) is 6.77. The Morgan fingerprint density at radius 2 is 2.25 bits per heavy atom. The van der Waals surface area contributed by atoms with Crippen LogP contribution in [0.25, 0.3) is 0 Å². The molecule has 1 fully saturated rings. The second-order valence-corrected chi connectivity index (χ2v) is 4.94. The zero-order valence-corrected chi connectivity index (χ0v) is 11.5. The number of hydrogen-bond donors (Lipinski definition) is 1. The third-order valence-electron chi connectivity index (χ3n) is 3.29. The molecule has 1 aliphatic rings. The van der Waals surface area contributed by atoms with E-state index in [0.29, 0.717) is 12.5 Å². The summed E-state index contributed by atoms with van der Waals surface area (Å²) in [7, 11) is 1.65. The van der Waals surface area contributed by atoms with E-state index in [4.69, 9.17) is 13.9 Å². The smallest absolute Gasteiger partial charge is 0.180 e. The van der Waals surface area contributed by atoms with Crippen molar-refractivity contribution in [3.63, 3.8) is 0 Å². The lowest BCUT2D eigenvalue weighted by molar-refractivity contribution is 0.280. The van der Waals surface area contributed by atoms with Gasteiger partial charge in [0.05, 0.1) is 26.5 Å². The van der Waals surface area contributed by atoms with Crippen molar-refractivity contribution in [1.29, 1.82) is 0 Å². The van der Waals surface area contributed by atoms with E-state index in [2.05, 4.69) is 10.3 Å². The lowest BCUT2D eigenvalue weighted by Crippen LogP contribution is -2.03. The maximum atomic E-state index is 5.83. The van der Waals surface area contributed by atoms with Gasteiger partial charge in [0.1, 0.15) is 5.76 Å². The molecule has 1 aromatic heterocycles. The van der Waals surface area contributed by atoms with E-state index >= 15 is 0 Å². The summed E-state index contributed by atoms with van der Waals surface area (Å²) >= 11 is 0. The van der Waals surface area contributed by atoms with E-state index in [1.807, 2.05) is 18.2 Å². The molecule has 0 amide bonds. The Bertz CT molecular complexity index is 550. The number of nitrogens with zero attached hydrogens (tertiary/aromatic N) is 1. The minimum atomic E-state index is 0.592. The van der Waals surface area contributed by atoms with Crippen LogP contribution in [0.1, 0.15) is 18.6 Å². The molecule has 0 aliphatic heterocycles. The summed E-state index contributed by atoms with van der Waals surface area (Å²) in [6.07, 6.45) is 5.66. The number of aromatic nitrogens is 1. The van der Waals surface area contributed by atoms with Crippen LogP contribution in [0, 0.1) is 5.92 Å². The maximum Gasteiger partial charge on any atom is 0.180 e. The Balaban J connectivity index is 1.65. The molecular formula is C15H18N2O3. The maximum absolute atomic E-state index is 5.83. The van der Waals surface area contributed by atoms with E-state index in [-0.39, 0.29) is 0 Å². The number of hydrogen-bond acceptors (Lipinski definition) is 5. The minimum Gasteiger partial charge on any atom is -0.493 e. The van der Waals surface area contributed by atoms with Crippen LogP contribution in [0.3, 0.4) is 0 Å². The molecule has 0 unspecified atom stereocenters. The van der Waals surface area contributed by atoms with Crippen molar-refractivity contribution in [2.45, 2.75) is 19.4 Å². The topological polar surface area (TPSA) is 56.5 Å². The molecule has 3 rings (SSSR count). The fourth-order valence-corrected chi connectivity index (χ4v) is 1.91. The number of ether oxygens (including phenoxy) is 2. The summed E-state index contributed by atoms with van der Waals surface area (Å²) in [5.41, 5.74) is 0.966. The summed E-state index contributed by atoms with van der Waals surface area (Å²) in [4.78, 5) is 3.88. The molecule has 106 valence electrons. The van der Waals surface area contributed by atoms with Gasteiger partial charge in [0.2, 0.25) is 0 Å². The van der Waals surface area contributed by atoms with Gasteiger partial charge in [0.25, 0.3) is 0 Å². The summed E-state index contributed by atoms with van der Waals surface area (Å²) in [6, 6.07) is 5.82. The van der Waals surface area contributed by atoms with Crippen LogP contribution in [0.4, 0.5) is 5.69 Å². The van der Waals surface area contributed by atoms with Crippen molar-refractivity contribution >= 4 is 5.69 Å². The molecule has 0 saturated heterocycles. The largest absolute Gasteiger partial charge is 0.493 e. The Kier molecular flexibility index (Phi) is 3.76. The molecule has 20 heavy (non-hydrogen) atoms. The first-order chi connectivity index (χ1) is 9.85. The minimum absolute atomic E-state index is 0.592. The molecule has 0 spiro atoms. The van der Waals surface area contributed by atoms with Gasteiger partial charge in [0.15, 0.2) is 17.9 Å². The first-order valence-corrected chi connectivity index (χ1v) is 6.77. The monoisotopic (exact) mass is 274 g/mol. The van der Waals surface area contributed by atoms with Gasteiger partial charge in [-0.25, -0.2) is 4.98 Å². The third-order valence-corrected chi connectivity index (χ3v) is 3.29. The van der Waals surface area contributed by atoms with E-state index in [9.17, 15) is 0 Å².